The fourth-order valence-corrected chi connectivity index (χ4v) is 1.50. The summed E-state index contributed by atoms with van der Waals surface area (Å²) in [6.45, 7) is 5.46. The van der Waals surface area contributed by atoms with Gasteiger partial charge < -0.3 is 0 Å². The fourth-order valence-electron chi connectivity index (χ4n) is 0.803. The highest BCUT2D eigenvalue weighted by Gasteiger charge is 2.05. The van der Waals surface area contributed by atoms with Gasteiger partial charge in [-0.2, -0.15) is 0 Å². The first kappa shape index (κ1) is 10.4. The normalized spacial score (nSPS) is 9.69. The summed E-state index contributed by atoms with van der Waals surface area (Å²) in [5.74, 6) is 0. The maximum absolute atomic E-state index is 11.4. The van der Waals surface area contributed by atoms with E-state index in [4.69, 9.17) is 11.6 Å². The molecule has 0 amide bonds. The second-order valence-electron chi connectivity index (χ2n) is 2.60. The molecule has 0 N–H and O–H groups in total. The molecule has 1 rings (SSSR count). The van der Waals surface area contributed by atoms with Crippen LogP contribution in [0.25, 0.3) is 0 Å². The van der Waals surface area contributed by atoms with Crippen LogP contribution in [0, 0.1) is 0 Å². The van der Waals surface area contributed by atoms with Crippen LogP contribution in [0.4, 0.5) is 0 Å². The van der Waals surface area contributed by atoms with E-state index >= 15 is 0 Å². The Hall–Kier alpha value is -0.730. The lowest BCUT2D eigenvalue weighted by Crippen LogP contribution is -1.91. The molecular weight excluding hydrogens is 204 g/mol. The minimum Gasteiger partial charge on any atom is -0.281 e. The average molecular weight is 213 g/mol. The molecule has 0 heterocycles. The van der Waals surface area contributed by atoms with Gasteiger partial charge in [0.25, 0.3) is 0 Å². The Morgan fingerprint density at radius 3 is 2.38 bits per heavy atom. The zero-order valence-electron chi connectivity index (χ0n) is 7.21. The van der Waals surface area contributed by atoms with Crippen molar-refractivity contribution in [3.05, 3.63) is 46.3 Å². The molecule has 0 fully saturated rings. The smallest absolute Gasteiger partial charge is 0.223 e. The van der Waals surface area contributed by atoms with Crippen LogP contribution >= 0.6 is 23.4 Å². The Bertz CT molecular complexity index is 329. The van der Waals surface area contributed by atoms with Crippen molar-refractivity contribution in [2.24, 2.45) is 0 Å². The van der Waals surface area contributed by atoms with Gasteiger partial charge in [-0.05, 0) is 36.1 Å². The van der Waals surface area contributed by atoms with Gasteiger partial charge >= 0.3 is 0 Å². The van der Waals surface area contributed by atoms with E-state index in [1.54, 1.807) is 31.2 Å². The van der Waals surface area contributed by atoms with Crippen molar-refractivity contribution >= 4 is 28.5 Å². The summed E-state index contributed by atoms with van der Waals surface area (Å²) >= 11 is 6.82. The molecule has 0 bridgehead atoms. The first-order valence-corrected chi connectivity index (χ1v) is 4.92. The van der Waals surface area contributed by atoms with Gasteiger partial charge in [-0.15, -0.1) is 0 Å². The number of benzene rings is 1. The number of rotatable bonds is 2. The van der Waals surface area contributed by atoms with Gasteiger partial charge in [0.15, 0.2) is 0 Å². The van der Waals surface area contributed by atoms with E-state index in [0.29, 0.717) is 10.6 Å². The molecule has 0 saturated carbocycles. The molecule has 1 aromatic carbocycles. The maximum Gasteiger partial charge on any atom is 0.223 e. The third-order valence-corrected chi connectivity index (χ3v) is 2.37. The lowest BCUT2D eigenvalue weighted by atomic mass is 10.2. The van der Waals surface area contributed by atoms with Crippen LogP contribution in [0.1, 0.15) is 17.3 Å². The van der Waals surface area contributed by atoms with Gasteiger partial charge in [-0.1, -0.05) is 29.9 Å². The quantitative estimate of drug-likeness (QED) is 0.743. The predicted molar refractivity (Wildman–Crippen MR) is 58.2 cm³/mol. The van der Waals surface area contributed by atoms with Crippen molar-refractivity contribution in [2.75, 3.05) is 0 Å². The highest BCUT2D eigenvalue weighted by atomic mass is 35.5. The van der Waals surface area contributed by atoms with Crippen molar-refractivity contribution in [3.8, 4) is 0 Å². The average Bonchev–Trinajstić information content (AvgIpc) is 2.04. The largest absolute Gasteiger partial charge is 0.281 e. The van der Waals surface area contributed by atoms with E-state index in [0.717, 1.165) is 16.7 Å². The Morgan fingerprint density at radius 1 is 1.38 bits per heavy atom. The van der Waals surface area contributed by atoms with Gasteiger partial charge in [0, 0.05) is 10.6 Å². The Balaban J connectivity index is 2.78. The predicted octanol–water partition coefficient (Wildman–Crippen LogP) is 3.75. The Morgan fingerprint density at radius 2 is 1.92 bits per heavy atom. The van der Waals surface area contributed by atoms with Gasteiger partial charge in [0.05, 0.1) is 0 Å². The van der Waals surface area contributed by atoms with E-state index < -0.39 is 0 Å². The third kappa shape index (κ3) is 3.25. The molecule has 68 valence electrons. The minimum absolute atomic E-state index is 0.00386. The number of thioether (sulfide) groups is 1. The van der Waals surface area contributed by atoms with Gasteiger partial charge in [0.1, 0.15) is 0 Å². The zero-order valence-corrected chi connectivity index (χ0v) is 8.78. The summed E-state index contributed by atoms with van der Waals surface area (Å²) < 4.78 is 0. The van der Waals surface area contributed by atoms with Gasteiger partial charge in [-0.3, -0.25) is 4.79 Å². The van der Waals surface area contributed by atoms with Gasteiger partial charge in [-0.25, -0.2) is 0 Å². The number of allylic oxidation sites excluding steroid dienone is 1. The van der Waals surface area contributed by atoms with Gasteiger partial charge in [0.2, 0.25) is 5.12 Å². The number of hydrogen-bond acceptors (Lipinski definition) is 2. The highest BCUT2D eigenvalue weighted by molar-refractivity contribution is 8.17. The summed E-state index contributed by atoms with van der Waals surface area (Å²) in [7, 11) is 0. The second kappa shape index (κ2) is 4.49. The van der Waals surface area contributed by atoms with E-state index in [-0.39, 0.29) is 5.12 Å². The second-order valence-corrected chi connectivity index (χ2v) is 4.31. The van der Waals surface area contributed by atoms with E-state index in [9.17, 15) is 4.79 Å². The molecule has 0 radical (unpaired) electrons. The number of carbonyl (C=O) groups excluding carboxylic acids is 1. The van der Waals surface area contributed by atoms with Crippen LogP contribution in [0.2, 0.25) is 5.02 Å². The molecule has 1 nitrogen and oxygen atoms in total. The molecule has 0 aliphatic rings. The molecule has 1 aromatic rings. The minimum atomic E-state index is 0.00386. The molecular formula is C10H9ClOS. The number of hydrogen-bond donors (Lipinski definition) is 0. The van der Waals surface area contributed by atoms with E-state index in [1.807, 2.05) is 0 Å². The van der Waals surface area contributed by atoms with E-state index in [2.05, 4.69) is 6.58 Å². The zero-order chi connectivity index (χ0) is 9.84. The first-order chi connectivity index (χ1) is 6.09. The lowest BCUT2D eigenvalue weighted by Gasteiger charge is -1.99. The molecule has 13 heavy (non-hydrogen) atoms. The number of carbonyl (C=O) groups is 1. The summed E-state index contributed by atoms with van der Waals surface area (Å²) in [6, 6.07) is 6.82. The van der Waals surface area contributed by atoms with Crippen LogP contribution in [-0.4, -0.2) is 5.12 Å². The van der Waals surface area contributed by atoms with Crippen LogP contribution in [0.3, 0.4) is 0 Å². The molecule has 0 spiro atoms. The lowest BCUT2D eigenvalue weighted by molar-refractivity contribution is 0.108. The highest BCUT2D eigenvalue weighted by Crippen LogP contribution is 2.20. The van der Waals surface area contributed by atoms with Crippen LogP contribution in [0.5, 0.6) is 0 Å². The molecule has 0 atom stereocenters. The van der Waals surface area contributed by atoms with Crippen molar-refractivity contribution in [3.63, 3.8) is 0 Å². The standard InChI is InChI=1S/C10H9ClOS/c1-7(2)13-10(12)8-3-5-9(11)6-4-8/h3-6H,1H2,2H3. The summed E-state index contributed by atoms with van der Waals surface area (Å²) in [5.41, 5.74) is 0.650. The Labute approximate surface area is 86.8 Å². The van der Waals surface area contributed by atoms with Crippen molar-refractivity contribution in [1.82, 2.24) is 0 Å². The third-order valence-electron chi connectivity index (χ3n) is 1.35. The monoisotopic (exact) mass is 212 g/mol. The van der Waals surface area contributed by atoms with Crippen LogP contribution in [0.15, 0.2) is 35.7 Å². The van der Waals surface area contributed by atoms with Crippen molar-refractivity contribution in [2.45, 2.75) is 6.92 Å². The van der Waals surface area contributed by atoms with Crippen molar-refractivity contribution in [1.29, 1.82) is 0 Å². The molecule has 0 aliphatic heterocycles. The SMILES string of the molecule is C=C(C)SC(=O)c1ccc(Cl)cc1. The van der Waals surface area contributed by atoms with Crippen LogP contribution < -0.4 is 0 Å². The molecule has 0 aliphatic carbocycles. The summed E-state index contributed by atoms with van der Waals surface area (Å²) in [6.07, 6.45) is 0. The summed E-state index contributed by atoms with van der Waals surface area (Å²) in [5, 5.41) is 0.640. The first-order valence-electron chi connectivity index (χ1n) is 3.73. The van der Waals surface area contributed by atoms with Crippen LogP contribution in [-0.2, 0) is 0 Å². The molecule has 0 aromatic heterocycles. The van der Waals surface area contributed by atoms with E-state index in [1.165, 1.54) is 0 Å². The number of halogens is 1. The summed E-state index contributed by atoms with van der Waals surface area (Å²) in [4.78, 5) is 12.2. The topological polar surface area (TPSA) is 17.1 Å². The Kier molecular flexibility index (Phi) is 3.58. The fraction of sp³-hybridized carbons (Fsp3) is 0.100. The van der Waals surface area contributed by atoms with Crippen molar-refractivity contribution < 1.29 is 4.79 Å². The molecule has 0 saturated heterocycles. The molecule has 3 heteroatoms. The maximum atomic E-state index is 11.4. The molecule has 0 unspecified atom stereocenters.